The average Bonchev–Trinajstić information content (AvgIpc) is 2.26. The minimum absolute atomic E-state index is 0.338. The molecule has 14 heavy (non-hydrogen) atoms. The van der Waals surface area contributed by atoms with E-state index < -0.39 is 0 Å². The first kappa shape index (κ1) is 11.0. The van der Waals surface area contributed by atoms with Crippen LogP contribution in [0.25, 0.3) is 0 Å². The van der Waals surface area contributed by atoms with Crippen LogP contribution in [0.3, 0.4) is 0 Å². The molecule has 0 aliphatic carbocycles. The van der Waals surface area contributed by atoms with E-state index in [1.54, 1.807) is 25.3 Å². The van der Waals surface area contributed by atoms with E-state index in [9.17, 15) is 4.79 Å². The summed E-state index contributed by atoms with van der Waals surface area (Å²) >= 11 is 3.32. The fraction of sp³-hybridized carbons (Fsp3) is 0.300. The number of carbonyl (C=O) groups excluding carboxylic acids is 1. The number of benzene rings is 1. The number of alkyl halides is 1. The number of ether oxygens (including phenoxy) is 2. The Morgan fingerprint density at radius 1 is 1.43 bits per heavy atom. The molecular weight excluding hydrogens is 248 g/mol. The Hall–Kier alpha value is -1.03. The van der Waals surface area contributed by atoms with Crippen molar-refractivity contribution in [3.05, 3.63) is 29.3 Å². The lowest BCUT2D eigenvalue weighted by Gasteiger charge is -2.07. The second kappa shape index (κ2) is 5.00. The molecule has 0 atom stereocenters. The lowest BCUT2D eigenvalue weighted by atomic mass is 10.1. The second-order valence-corrected chi connectivity index (χ2v) is 3.21. The molecule has 0 amide bonds. The van der Waals surface area contributed by atoms with Crippen molar-refractivity contribution < 1.29 is 14.3 Å². The Labute approximate surface area is 91.1 Å². The molecule has 1 rings (SSSR count). The van der Waals surface area contributed by atoms with Crippen molar-refractivity contribution >= 4 is 21.9 Å². The maximum atomic E-state index is 11.2. The van der Waals surface area contributed by atoms with E-state index >= 15 is 0 Å². The van der Waals surface area contributed by atoms with Gasteiger partial charge in [-0.25, -0.2) is 4.79 Å². The highest BCUT2D eigenvalue weighted by atomic mass is 79.9. The van der Waals surface area contributed by atoms with Gasteiger partial charge in [0, 0.05) is 10.9 Å². The van der Waals surface area contributed by atoms with E-state index in [4.69, 9.17) is 4.74 Å². The van der Waals surface area contributed by atoms with Crippen LogP contribution in [0.15, 0.2) is 18.2 Å². The highest BCUT2D eigenvalue weighted by molar-refractivity contribution is 9.08. The van der Waals surface area contributed by atoms with Crippen LogP contribution in [0, 0.1) is 0 Å². The molecule has 0 radical (unpaired) electrons. The summed E-state index contributed by atoms with van der Waals surface area (Å²) in [5, 5.41) is 0.640. The van der Waals surface area contributed by atoms with Crippen LogP contribution in [0.4, 0.5) is 0 Å². The van der Waals surface area contributed by atoms with Gasteiger partial charge in [-0.05, 0) is 18.2 Å². The summed E-state index contributed by atoms with van der Waals surface area (Å²) in [6, 6.07) is 5.18. The summed E-state index contributed by atoms with van der Waals surface area (Å²) in [5.74, 6) is 0.421. The number of halogens is 1. The molecule has 76 valence electrons. The molecule has 0 aliphatic heterocycles. The van der Waals surface area contributed by atoms with E-state index in [0.717, 1.165) is 11.3 Å². The van der Waals surface area contributed by atoms with Crippen LogP contribution in [0.1, 0.15) is 15.9 Å². The standard InChI is InChI=1S/C10H11BrO3/c1-13-9-4-3-7(10(12)14-2)5-8(9)6-11/h3-5H,6H2,1-2H3. The first-order valence-electron chi connectivity index (χ1n) is 4.04. The molecular formula is C10H11BrO3. The zero-order valence-corrected chi connectivity index (χ0v) is 9.63. The fourth-order valence-corrected chi connectivity index (χ4v) is 1.57. The number of hydrogen-bond donors (Lipinski definition) is 0. The number of carbonyl (C=O) groups is 1. The molecule has 0 saturated carbocycles. The van der Waals surface area contributed by atoms with E-state index in [2.05, 4.69) is 20.7 Å². The Morgan fingerprint density at radius 2 is 2.14 bits per heavy atom. The zero-order chi connectivity index (χ0) is 10.6. The van der Waals surface area contributed by atoms with Gasteiger partial charge in [0.05, 0.1) is 19.8 Å². The maximum Gasteiger partial charge on any atom is 0.337 e. The van der Waals surface area contributed by atoms with Gasteiger partial charge in [-0.3, -0.25) is 0 Å². The van der Waals surface area contributed by atoms with Gasteiger partial charge >= 0.3 is 5.97 Å². The highest BCUT2D eigenvalue weighted by Gasteiger charge is 2.08. The predicted molar refractivity (Wildman–Crippen MR) is 57.0 cm³/mol. The Balaban J connectivity index is 3.07. The minimum Gasteiger partial charge on any atom is -0.496 e. The van der Waals surface area contributed by atoms with Gasteiger partial charge in [0.2, 0.25) is 0 Å². The smallest absolute Gasteiger partial charge is 0.337 e. The summed E-state index contributed by atoms with van der Waals surface area (Å²) in [6.45, 7) is 0. The van der Waals surface area contributed by atoms with E-state index in [-0.39, 0.29) is 5.97 Å². The molecule has 1 aromatic rings. The van der Waals surface area contributed by atoms with E-state index in [1.165, 1.54) is 7.11 Å². The van der Waals surface area contributed by atoms with Crippen molar-refractivity contribution in [3.63, 3.8) is 0 Å². The van der Waals surface area contributed by atoms with Crippen LogP contribution < -0.4 is 4.74 Å². The zero-order valence-electron chi connectivity index (χ0n) is 8.04. The van der Waals surface area contributed by atoms with Crippen molar-refractivity contribution in [2.45, 2.75) is 5.33 Å². The average molecular weight is 259 g/mol. The van der Waals surface area contributed by atoms with Gasteiger partial charge in [0.25, 0.3) is 0 Å². The van der Waals surface area contributed by atoms with Crippen molar-refractivity contribution in [2.75, 3.05) is 14.2 Å². The fourth-order valence-electron chi connectivity index (χ4n) is 1.13. The number of hydrogen-bond acceptors (Lipinski definition) is 3. The van der Waals surface area contributed by atoms with Gasteiger partial charge in [-0.2, -0.15) is 0 Å². The summed E-state index contributed by atoms with van der Waals surface area (Å²) in [4.78, 5) is 11.2. The molecule has 0 aromatic heterocycles. The van der Waals surface area contributed by atoms with Gasteiger partial charge in [0.1, 0.15) is 5.75 Å². The van der Waals surface area contributed by atoms with E-state index in [0.29, 0.717) is 10.9 Å². The normalized spacial score (nSPS) is 9.64. The Morgan fingerprint density at radius 3 is 2.64 bits per heavy atom. The van der Waals surface area contributed by atoms with Crippen molar-refractivity contribution in [3.8, 4) is 5.75 Å². The van der Waals surface area contributed by atoms with E-state index in [1.807, 2.05) is 0 Å². The third-order valence-corrected chi connectivity index (χ3v) is 2.45. The molecule has 0 unspecified atom stereocenters. The lowest BCUT2D eigenvalue weighted by Crippen LogP contribution is -2.02. The number of methoxy groups -OCH3 is 2. The topological polar surface area (TPSA) is 35.5 Å². The first-order chi connectivity index (χ1) is 6.72. The molecule has 3 nitrogen and oxygen atoms in total. The largest absolute Gasteiger partial charge is 0.496 e. The predicted octanol–water partition coefficient (Wildman–Crippen LogP) is 2.38. The summed E-state index contributed by atoms with van der Waals surface area (Å²) < 4.78 is 9.74. The second-order valence-electron chi connectivity index (χ2n) is 2.65. The van der Waals surface area contributed by atoms with Crippen molar-refractivity contribution in [2.24, 2.45) is 0 Å². The summed E-state index contributed by atoms with van der Waals surface area (Å²) in [5.41, 5.74) is 1.46. The Kier molecular flexibility index (Phi) is 3.95. The quantitative estimate of drug-likeness (QED) is 0.617. The van der Waals surface area contributed by atoms with Crippen LogP contribution in [0.5, 0.6) is 5.75 Å². The minimum atomic E-state index is -0.338. The molecule has 0 fully saturated rings. The van der Waals surface area contributed by atoms with Crippen LogP contribution >= 0.6 is 15.9 Å². The molecule has 0 aliphatic rings. The molecule has 0 heterocycles. The van der Waals surface area contributed by atoms with Gasteiger partial charge in [0.15, 0.2) is 0 Å². The third-order valence-electron chi connectivity index (χ3n) is 1.85. The molecule has 0 saturated heterocycles. The summed E-state index contributed by atoms with van der Waals surface area (Å²) in [6.07, 6.45) is 0. The number of esters is 1. The van der Waals surface area contributed by atoms with Gasteiger partial charge in [-0.15, -0.1) is 0 Å². The SMILES string of the molecule is COC(=O)c1ccc(OC)c(CBr)c1. The summed E-state index contributed by atoms with van der Waals surface area (Å²) in [7, 11) is 2.96. The van der Waals surface area contributed by atoms with Crippen LogP contribution in [-0.2, 0) is 10.1 Å². The van der Waals surface area contributed by atoms with Gasteiger partial charge in [-0.1, -0.05) is 15.9 Å². The lowest BCUT2D eigenvalue weighted by molar-refractivity contribution is 0.0600. The van der Waals surface area contributed by atoms with Gasteiger partial charge < -0.3 is 9.47 Å². The third kappa shape index (κ3) is 2.26. The monoisotopic (exact) mass is 258 g/mol. The Bertz CT molecular complexity index is 336. The first-order valence-corrected chi connectivity index (χ1v) is 5.16. The van der Waals surface area contributed by atoms with Crippen LogP contribution in [0.2, 0.25) is 0 Å². The van der Waals surface area contributed by atoms with Crippen molar-refractivity contribution in [1.82, 2.24) is 0 Å². The highest BCUT2D eigenvalue weighted by Crippen LogP contribution is 2.22. The molecule has 4 heteroatoms. The number of rotatable bonds is 3. The molecule has 0 spiro atoms. The van der Waals surface area contributed by atoms with Crippen LogP contribution in [-0.4, -0.2) is 20.2 Å². The molecule has 1 aromatic carbocycles. The molecule has 0 bridgehead atoms. The maximum absolute atomic E-state index is 11.2. The molecule has 0 N–H and O–H groups in total. The van der Waals surface area contributed by atoms with Crippen molar-refractivity contribution in [1.29, 1.82) is 0 Å².